The van der Waals surface area contributed by atoms with Crippen molar-refractivity contribution in [1.29, 1.82) is 0 Å². The Bertz CT molecular complexity index is 1840. The summed E-state index contributed by atoms with van der Waals surface area (Å²) in [5.41, 5.74) is 2.98. The Hall–Kier alpha value is -3.91. The van der Waals surface area contributed by atoms with E-state index in [0.29, 0.717) is 26.1 Å². The minimum atomic E-state index is -0.177. The van der Waals surface area contributed by atoms with E-state index in [0.717, 1.165) is 27.6 Å². The summed E-state index contributed by atoms with van der Waals surface area (Å²) in [7, 11) is 0. The SMILES string of the molecule is O=C(CSc1nc2scc(-c3ccc(Cl)cc3)c2c(=O)n1-c1ccccc1)Nc1cccc2ccccc12. The molecule has 8 heteroatoms. The maximum atomic E-state index is 13.9. The Labute approximate surface area is 231 Å². The van der Waals surface area contributed by atoms with Crippen LogP contribution >= 0.6 is 34.7 Å². The van der Waals surface area contributed by atoms with Crippen molar-refractivity contribution in [2.45, 2.75) is 5.16 Å². The van der Waals surface area contributed by atoms with Crippen LogP contribution in [0.5, 0.6) is 0 Å². The number of aromatic nitrogens is 2. The lowest BCUT2D eigenvalue weighted by atomic mass is 10.1. The van der Waals surface area contributed by atoms with Gasteiger partial charge in [-0.25, -0.2) is 4.98 Å². The molecule has 186 valence electrons. The molecule has 0 atom stereocenters. The lowest BCUT2D eigenvalue weighted by molar-refractivity contribution is -0.113. The number of carbonyl (C=O) groups is 1. The first kappa shape index (κ1) is 24.4. The summed E-state index contributed by atoms with van der Waals surface area (Å²) in [6.07, 6.45) is 0. The van der Waals surface area contributed by atoms with E-state index >= 15 is 0 Å². The molecule has 0 saturated carbocycles. The van der Waals surface area contributed by atoms with E-state index in [-0.39, 0.29) is 17.2 Å². The Balaban J connectivity index is 1.36. The summed E-state index contributed by atoms with van der Waals surface area (Å²) in [6.45, 7) is 0. The molecule has 0 bridgehead atoms. The summed E-state index contributed by atoms with van der Waals surface area (Å²) in [6, 6.07) is 30.5. The molecule has 5 nitrogen and oxygen atoms in total. The van der Waals surface area contributed by atoms with Gasteiger partial charge in [0, 0.05) is 27.0 Å². The average Bonchev–Trinajstić information content (AvgIpc) is 3.37. The zero-order valence-corrected chi connectivity index (χ0v) is 22.3. The Kier molecular flexibility index (Phi) is 6.72. The molecule has 0 unspecified atom stereocenters. The third-order valence-corrected chi connectivity index (χ3v) is 8.21. The van der Waals surface area contributed by atoms with Gasteiger partial charge in [-0.15, -0.1) is 11.3 Å². The zero-order valence-electron chi connectivity index (χ0n) is 19.9. The highest BCUT2D eigenvalue weighted by Gasteiger charge is 2.19. The van der Waals surface area contributed by atoms with Gasteiger partial charge >= 0.3 is 0 Å². The summed E-state index contributed by atoms with van der Waals surface area (Å²) < 4.78 is 1.59. The number of rotatable bonds is 6. The number of carbonyl (C=O) groups excluding carboxylic acids is 1. The van der Waals surface area contributed by atoms with Crippen molar-refractivity contribution in [3.8, 4) is 16.8 Å². The van der Waals surface area contributed by atoms with Gasteiger partial charge in [-0.1, -0.05) is 90.1 Å². The summed E-state index contributed by atoms with van der Waals surface area (Å²) in [4.78, 5) is 32.4. The van der Waals surface area contributed by atoms with Crippen molar-refractivity contribution in [2.24, 2.45) is 0 Å². The van der Waals surface area contributed by atoms with Crippen molar-refractivity contribution >= 4 is 67.3 Å². The largest absolute Gasteiger partial charge is 0.325 e. The topological polar surface area (TPSA) is 64.0 Å². The molecule has 2 heterocycles. The molecule has 0 radical (unpaired) electrons. The smallest absolute Gasteiger partial charge is 0.268 e. The first-order valence-electron chi connectivity index (χ1n) is 11.8. The molecule has 1 amide bonds. The maximum absolute atomic E-state index is 13.9. The quantitative estimate of drug-likeness (QED) is 0.170. The molecular weight excluding hydrogens is 534 g/mol. The van der Waals surface area contributed by atoms with E-state index < -0.39 is 0 Å². The van der Waals surface area contributed by atoms with Crippen LogP contribution in [0.15, 0.2) is 112 Å². The number of hydrogen-bond donors (Lipinski definition) is 1. The van der Waals surface area contributed by atoms with Crippen LogP contribution < -0.4 is 10.9 Å². The van der Waals surface area contributed by atoms with Crippen LogP contribution in [-0.2, 0) is 4.79 Å². The minimum Gasteiger partial charge on any atom is -0.325 e. The van der Waals surface area contributed by atoms with Crippen LogP contribution in [0.4, 0.5) is 5.69 Å². The first-order chi connectivity index (χ1) is 18.6. The van der Waals surface area contributed by atoms with E-state index in [4.69, 9.17) is 16.6 Å². The van der Waals surface area contributed by atoms with Crippen LogP contribution in [0.25, 0.3) is 37.8 Å². The Morgan fingerprint density at radius 3 is 2.47 bits per heavy atom. The third-order valence-electron chi connectivity index (χ3n) is 6.14. The highest BCUT2D eigenvalue weighted by Crippen LogP contribution is 2.33. The Morgan fingerprint density at radius 2 is 1.66 bits per heavy atom. The molecule has 4 aromatic carbocycles. The van der Waals surface area contributed by atoms with Crippen molar-refractivity contribution in [2.75, 3.05) is 11.1 Å². The molecule has 38 heavy (non-hydrogen) atoms. The van der Waals surface area contributed by atoms with Crippen LogP contribution in [0, 0.1) is 0 Å². The molecule has 6 aromatic rings. The molecule has 0 aliphatic heterocycles. The summed E-state index contributed by atoms with van der Waals surface area (Å²) in [5.74, 6) is -0.0722. The molecule has 0 fully saturated rings. The van der Waals surface area contributed by atoms with Gasteiger partial charge in [-0.2, -0.15) is 0 Å². The number of hydrogen-bond acceptors (Lipinski definition) is 5. The number of halogens is 1. The number of thiophene rings is 1. The molecule has 6 rings (SSSR count). The van der Waals surface area contributed by atoms with Crippen LogP contribution in [0.3, 0.4) is 0 Å². The van der Waals surface area contributed by atoms with Gasteiger partial charge in [-0.05, 0) is 41.3 Å². The highest BCUT2D eigenvalue weighted by molar-refractivity contribution is 7.99. The number of amides is 1. The van der Waals surface area contributed by atoms with Crippen molar-refractivity contribution < 1.29 is 4.79 Å². The number of nitrogens with one attached hydrogen (secondary N) is 1. The summed E-state index contributed by atoms with van der Waals surface area (Å²) >= 11 is 8.73. The lowest BCUT2D eigenvalue weighted by Crippen LogP contribution is -2.22. The summed E-state index contributed by atoms with van der Waals surface area (Å²) in [5, 5.41) is 8.63. The highest BCUT2D eigenvalue weighted by atomic mass is 35.5. The van der Waals surface area contributed by atoms with E-state index in [1.165, 1.54) is 23.1 Å². The van der Waals surface area contributed by atoms with Crippen molar-refractivity contribution in [3.63, 3.8) is 0 Å². The molecule has 1 N–H and O–H groups in total. The predicted molar refractivity (Wildman–Crippen MR) is 159 cm³/mol. The van der Waals surface area contributed by atoms with Gasteiger partial charge in [0.25, 0.3) is 5.56 Å². The van der Waals surface area contributed by atoms with Crippen LogP contribution in [0.2, 0.25) is 5.02 Å². The fraction of sp³-hybridized carbons (Fsp3) is 0.0333. The number of anilines is 1. The van der Waals surface area contributed by atoms with E-state index in [2.05, 4.69) is 5.32 Å². The first-order valence-corrected chi connectivity index (χ1v) is 14.1. The van der Waals surface area contributed by atoms with Gasteiger partial charge < -0.3 is 5.32 Å². The number of fused-ring (bicyclic) bond motifs is 2. The number of nitrogens with zero attached hydrogens (tertiary/aromatic N) is 2. The van der Waals surface area contributed by atoms with Gasteiger partial charge in [0.15, 0.2) is 5.16 Å². The van der Waals surface area contributed by atoms with Crippen molar-refractivity contribution in [3.05, 3.63) is 118 Å². The fourth-order valence-electron chi connectivity index (χ4n) is 4.37. The van der Waals surface area contributed by atoms with Crippen LogP contribution in [0.1, 0.15) is 0 Å². The lowest BCUT2D eigenvalue weighted by Gasteiger charge is -2.13. The standard InChI is InChI=1S/C30H20ClN3O2S2/c31-21-15-13-20(14-16-21)24-17-37-28-27(24)29(36)34(22-9-2-1-3-10-22)30(33-28)38-18-26(35)32-25-12-6-8-19-7-4-5-11-23(19)25/h1-17H,18H2,(H,32,35). The van der Waals surface area contributed by atoms with Gasteiger partial charge in [0.1, 0.15) is 4.83 Å². The molecule has 0 saturated heterocycles. The van der Waals surface area contributed by atoms with Gasteiger partial charge in [0.05, 0.1) is 16.8 Å². The van der Waals surface area contributed by atoms with Gasteiger partial charge in [-0.3, -0.25) is 14.2 Å². The Morgan fingerprint density at radius 1 is 0.921 bits per heavy atom. The van der Waals surface area contributed by atoms with E-state index in [1.807, 2.05) is 102 Å². The molecule has 0 aliphatic rings. The van der Waals surface area contributed by atoms with Crippen molar-refractivity contribution in [1.82, 2.24) is 9.55 Å². The second-order valence-corrected chi connectivity index (χ2v) is 10.8. The second kappa shape index (κ2) is 10.5. The van der Waals surface area contributed by atoms with E-state index in [9.17, 15) is 9.59 Å². The van der Waals surface area contributed by atoms with Gasteiger partial charge in [0.2, 0.25) is 5.91 Å². The molecule has 0 spiro atoms. The fourth-order valence-corrected chi connectivity index (χ4v) is 6.29. The predicted octanol–water partition coefficient (Wildman–Crippen LogP) is 7.65. The third kappa shape index (κ3) is 4.72. The average molecular weight is 554 g/mol. The van der Waals surface area contributed by atoms with Crippen LogP contribution in [-0.4, -0.2) is 21.2 Å². The number of benzene rings is 4. The normalized spacial score (nSPS) is 11.2. The van der Waals surface area contributed by atoms with E-state index in [1.54, 1.807) is 4.57 Å². The zero-order chi connectivity index (χ0) is 26.1. The molecular formula is C30H20ClN3O2S2. The maximum Gasteiger partial charge on any atom is 0.268 e. The minimum absolute atomic E-state index is 0.101. The second-order valence-electron chi connectivity index (χ2n) is 8.57. The number of para-hydroxylation sites is 1. The monoisotopic (exact) mass is 553 g/mol. The molecule has 0 aliphatic carbocycles. The molecule has 2 aromatic heterocycles. The number of thioether (sulfide) groups is 1.